The topological polar surface area (TPSA) is 171 Å². The summed E-state index contributed by atoms with van der Waals surface area (Å²) in [5, 5.41) is 8.46. The molecule has 0 radical (unpaired) electrons. The van der Waals surface area contributed by atoms with Crippen molar-refractivity contribution in [3.8, 4) is 11.1 Å². The number of para-hydroxylation sites is 1. The molecular weight excluding hydrogens is 594 g/mol. The van der Waals surface area contributed by atoms with E-state index >= 15 is 0 Å². The zero-order valence-electron chi connectivity index (χ0n) is 28.2. The van der Waals surface area contributed by atoms with Crippen molar-refractivity contribution in [1.29, 1.82) is 0 Å². The molecule has 12 nitrogen and oxygen atoms in total. The molecule has 1 unspecified atom stereocenters. The van der Waals surface area contributed by atoms with Crippen LogP contribution in [0.25, 0.3) is 11.1 Å². The van der Waals surface area contributed by atoms with Crippen LogP contribution < -0.4 is 32.3 Å². The summed E-state index contributed by atoms with van der Waals surface area (Å²) < 4.78 is 0. The number of aliphatic imine (C=N–C) groups is 1. The molecule has 1 aliphatic heterocycles. The number of rotatable bonds is 12. The molecule has 3 amide bonds. The number of aromatic nitrogens is 1. The Balaban J connectivity index is 1.58. The first-order chi connectivity index (χ1) is 22.4. The van der Waals surface area contributed by atoms with Gasteiger partial charge < -0.3 is 37.2 Å². The number of nitrogens with zero attached hydrogens (tertiary/aromatic N) is 4. The van der Waals surface area contributed by atoms with Crippen molar-refractivity contribution in [2.24, 2.45) is 22.4 Å². The summed E-state index contributed by atoms with van der Waals surface area (Å²) in [5.74, 6) is -0.760. The molecule has 1 saturated carbocycles. The van der Waals surface area contributed by atoms with Crippen LogP contribution in [0.5, 0.6) is 0 Å². The first-order valence-electron chi connectivity index (χ1n) is 16.0. The summed E-state index contributed by atoms with van der Waals surface area (Å²) >= 11 is 0. The van der Waals surface area contributed by atoms with Crippen LogP contribution in [-0.2, 0) is 9.59 Å². The normalized spacial score (nSPS) is 16.5. The molecule has 7 N–H and O–H groups in total. The van der Waals surface area contributed by atoms with Crippen LogP contribution >= 0.6 is 0 Å². The third kappa shape index (κ3) is 8.78. The largest absolute Gasteiger partial charge is 0.393 e. The number of anilines is 2. The molecule has 47 heavy (non-hydrogen) atoms. The van der Waals surface area contributed by atoms with Gasteiger partial charge in [0, 0.05) is 75.8 Å². The summed E-state index contributed by atoms with van der Waals surface area (Å²) in [6, 6.07) is 9.57. The molecule has 250 valence electrons. The summed E-state index contributed by atoms with van der Waals surface area (Å²) in [4.78, 5) is 51.1. The highest BCUT2D eigenvalue weighted by Gasteiger charge is 2.30. The lowest BCUT2D eigenvalue weighted by Gasteiger charge is -2.28. The number of carbonyl (C=O) groups excluding carboxylic acids is 3. The minimum Gasteiger partial charge on any atom is -0.393 e. The van der Waals surface area contributed by atoms with Gasteiger partial charge in [-0.2, -0.15) is 0 Å². The molecule has 1 atom stereocenters. The number of amides is 3. The fraction of sp³-hybridized carbons (Fsp3) is 0.400. The molecule has 1 aliphatic carbocycles. The molecule has 2 aromatic rings. The van der Waals surface area contributed by atoms with Crippen LogP contribution in [0.2, 0.25) is 0 Å². The third-order valence-electron chi connectivity index (χ3n) is 8.31. The first-order valence-corrected chi connectivity index (χ1v) is 16.0. The lowest BCUT2D eigenvalue weighted by molar-refractivity contribution is -0.121. The van der Waals surface area contributed by atoms with Crippen LogP contribution in [0.3, 0.4) is 0 Å². The predicted octanol–water partition coefficient (Wildman–Crippen LogP) is 3.50. The lowest BCUT2D eigenvalue weighted by Crippen LogP contribution is -2.37. The Morgan fingerprint density at radius 2 is 1.91 bits per heavy atom. The molecule has 2 heterocycles. The smallest absolute Gasteiger partial charge is 0.272 e. The lowest BCUT2D eigenvalue weighted by atomic mass is 10.0. The Morgan fingerprint density at radius 1 is 1.17 bits per heavy atom. The van der Waals surface area contributed by atoms with Crippen LogP contribution in [-0.4, -0.2) is 74.1 Å². The summed E-state index contributed by atoms with van der Waals surface area (Å²) in [7, 11) is 5.27. The van der Waals surface area contributed by atoms with Gasteiger partial charge in [0.25, 0.3) is 11.8 Å². The second-order valence-corrected chi connectivity index (χ2v) is 12.2. The van der Waals surface area contributed by atoms with Crippen LogP contribution in [0, 0.1) is 5.92 Å². The van der Waals surface area contributed by atoms with Gasteiger partial charge in [-0.3, -0.25) is 24.4 Å². The van der Waals surface area contributed by atoms with Crippen molar-refractivity contribution in [2.75, 3.05) is 44.4 Å². The molecule has 2 aliphatic rings. The van der Waals surface area contributed by atoms with E-state index < -0.39 is 5.91 Å². The maximum Gasteiger partial charge on any atom is 0.272 e. The van der Waals surface area contributed by atoms with Crippen molar-refractivity contribution in [3.05, 3.63) is 76.7 Å². The van der Waals surface area contributed by atoms with Crippen LogP contribution in [0.1, 0.15) is 56.9 Å². The zero-order valence-corrected chi connectivity index (χ0v) is 28.2. The average molecular weight is 642 g/mol. The Kier molecular flexibility index (Phi) is 11.4. The Labute approximate surface area is 277 Å². The molecule has 0 bridgehead atoms. The highest BCUT2D eigenvalue weighted by molar-refractivity contribution is 5.96. The van der Waals surface area contributed by atoms with E-state index in [1.807, 2.05) is 54.4 Å². The zero-order chi connectivity index (χ0) is 34.2. The standard InChI is InChI=1S/C35H47N9O3/c1-7-22(3)39-18-24-15-16-44(20-21(24)2)35(47)28-14-13-25(19-40-28)26-9-8-10-27(32(26)43(5)6)41-29(31(37)34(46)38-4)17-30(36)42-33(45)23-11-12-23/h8-10,13-14,17-19,22-23,41H,7,11-12,15-16,20,36-37H2,1-6H3,(H,38,46)(H,42,45)/b30-17+,31-29+,39-18?. The quantitative estimate of drug-likeness (QED) is 0.133. The van der Waals surface area contributed by atoms with Gasteiger partial charge in [-0.05, 0) is 62.8 Å². The summed E-state index contributed by atoms with van der Waals surface area (Å²) in [6.45, 7) is 7.42. The van der Waals surface area contributed by atoms with Gasteiger partial charge in [0.2, 0.25) is 5.91 Å². The van der Waals surface area contributed by atoms with Crippen molar-refractivity contribution >= 4 is 35.3 Å². The molecular formula is C35H47N9O3. The second kappa shape index (κ2) is 15.4. The molecule has 0 spiro atoms. The molecule has 4 rings (SSSR count). The minimum atomic E-state index is -0.507. The second-order valence-electron chi connectivity index (χ2n) is 12.2. The average Bonchev–Trinajstić information content (AvgIpc) is 3.92. The number of hydrogen-bond acceptors (Lipinski definition) is 9. The molecule has 0 saturated heterocycles. The van der Waals surface area contributed by atoms with Crippen molar-refractivity contribution < 1.29 is 14.4 Å². The van der Waals surface area contributed by atoms with Crippen molar-refractivity contribution in [1.82, 2.24) is 20.5 Å². The van der Waals surface area contributed by atoms with Gasteiger partial charge in [-0.15, -0.1) is 0 Å². The number of nitrogens with one attached hydrogen (secondary N) is 3. The summed E-state index contributed by atoms with van der Waals surface area (Å²) in [6.07, 6.45) is 8.50. The van der Waals surface area contributed by atoms with Crippen molar-refractivity contribution in [2.45, 2.75) is 52.5 Å². The van der Waals surface area contributed by atoms with E-state index in [1.165, 1.54) is 18.7 Å². The Morgan fingerprint density at radius 3 is 2.51 bits per heavy atom. The molecule has 1 fully saturated rings. The van der Waals surface area contributed by atoms with Gasteiger partial charge in [-0.1, -0.05) is 25.1 Å². The van der Waals surface area contributed by atoms with Gasteiger partial charge in [0.05, 0.1) is 17.1 Å². The number of likely N-dealkylation sites (N-methyl/N-ethyl adjacent to an activating group) is 1. The maximum absolute atomic E-state index is 13.4. The van der Waals surface area contributed by atoms with E-state index in [1.54, 1.807) is 12.3 Å². The van der Waals surface area contributed by atoms with E-state index in [-0.39, 0.29) is 41.0 Å². The van der Waals surface area contributed by atoms with Crippen molar-refractivity contribution in [3.63, 3.8) is 0 Å². The summed E-state index contributed by atoms with van der Waals surface area (Å²) in [5.41, 5.74) is 18.2. The minimum absolute atomic E-state index is 0.0427. The SMILES string of the molecule is CCC(C)N=CC1=C(C)CN(C(=O)c2ccc(-c3cccc(NC(/C=C(\N)NC(=O)C4CC4)=C(/N)C(=O)NC)c3N(C)C)cn2)CC1. The van der Waals surface area contributed by atoms with Gasteiger partial charge in [0.1, 0.15) is 17.2 Å². The fourth-order valence-electron chi connectivity index (χ4n) is 5.17. The Hall–Kier alpha value is -5.13. The number of nitrogens with two attached hydrogens (primary N) is 2. The highest BCUT2D eigenvalue weighted by Crippen LogP contribution is 2.37. The fourth-order valence-corrected chi connectivity index (χ4v) is 5.17. The third-order valence-corrected chi connectivity index (χ3v) is 8.31. The van der Waals surface area contributed by atoms with E-state index in [0.717, 1.165) is 48.1 Å². The number of benzene rings is 1. The number of carbonyl (C=O) groups is 3. The molecule has 1 aromatic carbocycles. The van der Waals surface area contributed by atoms with Crippen LogP contribution in [0.15, 0.2) is 76.0 Å². The van der Waals surface area contributed by atoms with Gasteiger partial charge in [0.15, 0.2) is 0 Å². The number of pyridine rings is 1. The van der Waals surface area contributed by atoms with E-state index in [2.05, 4.69) is 46.7 Å². The Bertz CT molecular complexity index is 1620. The van der Waals surface area contributed by atoms with E-state index in [0.29, 0.717) is 24.5 Å². The van der Waals surface area contributed by atoms with E-state index in [4.69, 9.17) is 11.5 Å². The molecule has 1 aromatic heterocycles. The maximum atomic E-state index is 13.4. The van der Waals surface area contributed by atoms with E-state index in [9.17, 15) is 14.4 Å². The first kappa shape index (κ1) is 34.7. The highest BCUT2D eigenvalue weighted by atomic mass is 16.2. The monoisotopic (exact) mass is 641 g/mol. The van der Waals surface area contributed by atoms with Gasteiger partial charge in [-0.25, -0.2) is 0 Å². The predicted molar refractivity (Wildman–Crippen MR) is 188 cm³/mol. The van der Waals surface area contributed by atoms with Crippen LogP contribution in [0.4, 0.5) is 11.4 Å². The number of allylic oxidation sites excluding steroid dienone is 1. The van der Waals surface area contributed by atoms with Gasteiger partial charge >= 0.3 is 0 Å². The molecule has 12 heteroatoms. The number of hydrogen-bond donors (Lipinski definition) is 5.